The van der Waals surface area contributed by atoms with Gasteiger partial charge in [0.25, 0.3) is 5.91 Å². The van der Waals surface area contributed by atoms with E-state index in [1.54, 1.807) is 18.2 Å². The van der Waals surface area contributed by atoms with Crippen LogP contribution in [-0.4, -0.2) is 71.8 Å². The van der Waals surface area contributed by atoms with Gasteiger partial charge in [-0.05, 0) is 47.9 Å². The summed E-state index contributed by atoms with van der Waals surface area (Å²) in [6.07, 6.45) is -4.44. The van der Waals surface area contributed by atoms with Gasteiger partial charge in [0.2, 0.25) is 0 Å². The van der Waals surface area contributed by atoms with Crippen LogP contribution < -0.4 is 5.32 Å². The third-order valence-corrected chi connectivity index (χ3v) is 5.96. The molecule has 4 rings (SSSR count). The number of nitrogens with one attached hydrogen (secondary N) is 2. The number of halogens is 3. The highest BCUT2D eigenvalue weighted by atomic mass is 19.4. The number of aromatic amines is 1. The van der Waals surface area contributed by atoms with E-state index in [9.17, 15) is 38.4 Å². The second-order valence-corrected chi connectivity index (χ2v) is 9.30. The van der Waals surface area contributed by atoms with Crippen LogP contribution in [0.2, 0.25) is 0 Å². The van der Waals surface area contributed by atoms with Gasteiger partial charge in [-0.15, -0.1) is 0 Å². The maximum Gasteiger partial charge on any atom is 0.490 e. The van der Waals surface area contributed by atoms with Gasteiger partial charge in [0.15, 0.2) is 23.0 Å². The number of phenolic OH excluding ortho intramolecular Hbond substituents is 4. The lowest BCUT2D eigenvalue weighted by molar-refractivity contribution is -0.192. The Bertz CT molecular complexity index is 1470. The fourth-order valence-electron chi connectivity index (χ4n) is 3.86. The number of carboxylic acids is 1. The molecule has 0 bridgehead atoms. The molecular formula is C29H29F3N4O7. The van der Waals surface area contributed by atoms with Crippen LogP contribution in [-0.2, 0) is 17.9 Å². The minimum Gasteiger partial charge on any atom is -0.504 e. The summed E-state index contributed by atoms with van der Waals surface area (Å²) in [6.45, 7) is 1.95. The molecule has 0 aliphatic carbocycles. The Morgan fingerprint density at radius 1 is 0.814 bits per heavy atom. The van der Waals surface area contributed by atoms with Gasteiger partial charge in [0.05, 0.1) is 5.69 Å². The Kier molecular flexibility index (Phi) is 11.0. The second kappa shape index (κ2) is 14.6. The average molecular weight is 603 g/mol. The number of hydrogen-bond donors (Lipinski definition) is 7. The summed E-state index contributed by atoms with van der Waals surface area (Å²) in [5, 5.41) is 55.9. The van der Waals surface area contributed by atoms with Crippen LogP contribution in [0.15, 0.2) is 72.8 Å². The number of carbonyl (C=O) groups is 2. The molecule has 1 aromatic heterocycles. The zero-order chi connectivity index (χ0) is 31.6. The van der Waals surface area contributed by atoms with Crippen LogP contribution in [0.1, 0.15) is 28.0 Å². The van der Waals surface area contributed by atoms with E-state index in [2.05, 4.69) is 20.4 Å². The predicted molar refractivity (Wildman–Crippen MR) is 148 cm³/mol. The summed E-state index contributed by atoms with van der Waals surface area (Å²) in [6, 6.07) is 20.6. The van der Waals surface area contributed by atoms with Crippen molar-refractivity contribution < 1.29 is 48.3 Å². The first-order chi connectivity index (χ1) is 20.3. The van der Waals surface area contributed by atoms with E-state index in [0.717, 1.165) is 16.7 Å². The van der Waals surface area contributed by atoms with Gasteiger partial charge in [-0.1, -0.05) is 42.5 Å². The van der Waals surface area contributed by atoms with Crippen LogP contribution >= 0.6 is 0 Å². The standard InChI is InChI=1S/C27H28N4O5.C2HF3O2/c32-23-9-7-18(13-25(23)34)16-31(17-19-8-10-24(33)26(35)14-19)12-4-11-28-27(36)22-15-21(29-30-22)20-5-2-1-3-6-20;3-2(4,5)1(6)7/h1-3,5-10,13-15,32-35H,4,11-12,16-17H2,(H,28,36)(H,29,30);(H,6,7). The van der Waals surface area contributed by atoms with Crippen LogP contribution in [0.3, 0.4) is 0 Å². The van der Waals surface area contributed by atoms with Crippen molar-refractivity contribution in [1.29, 1.82) is 0 Å². The summed E-state index contributed by atoms with van der Waals surface area (Å²) in [5.41, 5.74) is 3.58. The number of phenols is 4. The van der Waals surface area contributed by atoms with Crippen molar-refractivity contribution in [2.45, 2.75) is 25.7 Å². The maximum absolute atomic E-state index is 12.6. The molecule has 0 aliphatic rings. The molecule has 3 aromatic carbocycles. The van der Waals surface area contributed by atoms with Gasteiger partial charge >= 0.3 is 12.1 Å². The predicted octanol–water partition coefficient (Wildman–Crippen LogP) is 4.35. The number of benzene rings is 3. The molecule has 14 heteroatoms. The zero-order valence-corrected chi connectivity index (χ0v) is 22.5. The van der Waals surface area contributed by atoms with Crippen molar-refractivity contribution in [2.24, 2.45) is 0 Å². The summed E-state index contributed by atoms with van der Waals surface area (Å²) in [7, 11) is 0. The number of hydrogen-bond acceptors (Lipinski definition) is 8. The largest absolute Gasteiger partial charge is 0.504 e. The molecular weight excluding hydrogens is 573 g/mol. The van der Waals surface area contributed by atoms with Gasteiger partial charge in [-0.2, -0.15) is 18.3 Å². The van der Waals surface area contributed by atoms with E-state index in [-0.39, 0.29) is 28.9 Å². The number of aromatic nitrogens is 2. The lowest BCUT2D eigenvalue weighted by Crippen LogP contribution is -2.30. The molecule has 43 heavy (non-hydrogen) atoms. The smallest absolute Gasteiger partial charge is 0.490 e. The van der Waals surface area contributed by atoms with Crippen LogP contribution in [0.5, 0.6) is 23.0 Å². The van der Waals surface area contributed by atoms with Crippen LogP contribution in [0.4, 0.5) is 13.2 Å². The number of H-pyrrole nitrogens is 1. The lowest BCUT2D eigenvalue weighted by atomic mass is 10.1. The van der Waals surface area contributed by atoms with E-state index in [4.69, 9.17) is 9.90 Å². The minimum atomic E-state index is -5.08. The molecule has 11 nitrogen and oxygen atoms in total. The van der Waals surface area contributed by atoms with E-state index >= 15 is 0 Å². The van der Waals surface area contributed by atoms with Crippen molar-refractivity contribution in [3.63, 3.8) is 0 Å². The molecule has 0 atom stereocenters. The quantitative estimate of drug-likeness (QED) is 0.103. The Labute approximate surface area is 243 Å². The highest BCUT2D eigenvalue weighted by molar-refractivity contribution is 5.93. The first-order valence-electron chi connectivity index (χ1n) is 12.8. The number of aromatic hydroxyl groups is 4. The monoisotopic (exact) mass is 602 g/mol. The Morgan fingerprint density at radius 3 is 1.84 bits per heavy atom. The van der Waals surface area contributed by atoms with Crippen molar-refractivity contribution in [3.05, 3.63) is 89.6 Å². The third kappa shape index (κ3) is 9.97. The topological polar surface area (TPSA) is 179 Å². The number of carboxylic acid groups (broad SMARTS) is 1. The second-order valence-electron chi connectivity index (χ2n) is 9.30. The Morgan fingerprint density at radius 2 is 1.35 bits per heavy atom. The molecule has 0 radical (unpaired) electrons. The van der Waals surface area contributed by atoms with Gasteiger partial charge in [0.1, 0.15) is 5.69 Å². The molecule has 1 amide bonds. The molecule has 4 aromatic rings. The first kappa shape index (κ1) is 32.3. The van der Waals surface area contributed by atoms with E-state index in [0.29, 0.717) is 44.0 Å². The molecule has 0 saturated carbocycles. The molecule has 0 spiro atoms. The van der Waals surface area contributed by atoms with Crippen molar-refractivity contribution in [2.75, 3.05) is 13.1 Å². The SMILES string of the molecule is O=C(NCCCN(Cc1ccc(O)c(O)c1)Cc1ccc(O)c(O)c1)c1cc(-c2ccccc2)n[nH]1.O=C(O)C(F)(F)F. The molecule has 0 fully saturated rings. The van der Waals surface area contributed by atoms with Gasteiger partial charge < -0.3 is 30.8 Å². The van der Waals surface area contributed by atoms with Crippen LogP contribution in [0.25, 0.3) is 11.3 Å². The van der Waals surface area contributed by atoms with Crippen molar-refractivity contribution in [1.82, 2.24) is 20.4 Å². The van der Waals surface area contributed by atoms with Crippen LogP contribution in [0, 0.1) is 0 Å². The Balaban J connectivity index is 0.000000646. The first-order valence-corrected chi connectivity index (χ1v) is 12.8. The van der Waals surface area contributed by atoms with Gasteiger partial charge in [-0.3, -0.25) is 14.8 Å². The van der Waals surface area contributed by atoms with Crippen molar-refractivity contribution >= 4 is 11.9 Å². The minimum absolute atomic E-state index is 0.189. The van der Waals surface area contributed by atoms with Crippen molar-refractivity contribution in [3.8, 4) is 34.3 Å². The highest BCUT2D eigenvalue weighted by Crippen LogP contribution is 2.28. The Hall–Kier alpha value is -5.24. The lowest BCUT2D eigenvalue weighted by Gasteiger charge is -2.23. The fourth-order valence-corrected chi connectivity index (χ4v) is 3.86. The number of nitrogens with zero attached hydrogens (tertiary/aromatic N) is 2. The summed E-state index contributed by atoms with van der Waals surface area (Å²) < 4.78 is 31.7. The molecule has 1 heterocycles. The van der Waals surface area contributed by atoms with E-state index in [1.807, 2.05) is 30.3 Å². The van der Waals surface area contributed by atoms with Gasteiger partial charge in [0, 0.05) is 31.7 Å². The normalized spacial score (nSPS) is 11.1. The molecule has 228 valence electrons. The molecule has 7 N–H and O–H groups in total. The van der Waals surface area contributed by atoms with E-state index in [1.165, 1.54) is 24.3 Å². The summed E-state index contributed by atoms with van der Waals surface area (Å²) >= 11 is 0. The average Bonchev–Trinajstić information content (AvgIpc) is 3.46. The molecule has 0 aliphatic heterocycles. The molecule has 0 saturated heterocycles. The third-order valence-electron chi connectivity index (χ3n) is 5.96. The summed E-state index contributed by atoms with van der Waals surface area (Å²) in [4.78, 5) is 23.5. The number of alkyl halides is 3. The number of rotatable bonds is 10. The highest BCUT2D eigenvalue weighted by Gasteiger charge is 2.38. The van der Waals surface area contributed by atoms with E-state index < -0.39 is 12.1 Å². The molecule has 0 unspecified atom stereocenters. The number of aliphatic carboxylic acids is 1. The van der Waals surface area contributed by atoms with Gasteiger partial charge in [-0.25, -0.2) is 4.79 Å². The fraction of sp³-hybridized carbons (Fsp3) is 0.207. The zero-order valence-electron chi connectivity index (χ0n) is 22.5. The number of amides is 1. The maximum atomic E-state index is 12.6. The summed E-state index contributed by atoms with van der Waals surface area (Å²) in [5.74, 6) is -3.78. The number of carbonyl (C=O) groups excluding carboxylic acids is 1.